The van der Waals surface area contributed by atoms with Crippen LogP contribution in [-0.2, 0) is 15.8 Å². The summed E-state index contributed by atoms with van der Waals surface area (Å²) in [6, 6.07) is 9.17. The second-order valence-corrected chi connectivity index (χ2v) is 9.08. The smallest absolute Gasteiger partial charge is 0.215 e. The number of benzene rings is 1. The molecule has 0 radical (unpaired) electrons. The SMILES string of the molecule is O=S(=O)(Cc1cccc(Cl)c1)NC[C@@H](c1ccsc1)N1CCCC1. The van der Waals surface area contributed by atoms with Crippen LogP contribution in [0.5, 0.6) is 0 Å². The summed E-state index contributed by atoms with van der Waals surface area (Å²) in [7, 11) is -3.40. The van der Waals surface area contributed by atoms with Crippen LogP contribution in [0.15, 0.2) is 41.1 Å². The first-order chi connectivity index (χ1) is 11.5. The molecule has 0 amide bonds. The lowest BCUT2D eigenvalue weighted by Crippen LogP contribution is -2.37. The molecular weight excluding hydrogens is 364 g/mol. The summed E-state index contributed by atoms with van der Waals surface area (Å²) < 4.78 is 27.6. The van der Waals surface area contributed by atoms with E-state index < -0.39 is 10.0 Å². The Kier molecular flexibility index (Phi) is 5.94. The molecule has 1 aromatic carbocycles. The second kappa shape index (κ2) is 7.97. The summed E-state index contributed by atoms with van der Waals surface area (Å²) in [6.45, 7) is 2.45. The lowest BCUT2D eigenvalue weighted by Gasteiger charge is -2.27. The second-order valence-electron chi connectivity index (χ2n) is 6.05. The molecule has 3 rings (SSSR count). The number of sulfonamides is 1. The van der Waals surface area contributed by atoms with Gasteiger partial charge in [0, 0.05) is 17.6 Å². The third-order valence-corrected chi connectivity index (χ3v) is 6.51. The summed E-state index contributed by atoms with van der Waals surface area (Å²) in [5, 5.41) is 4.70. The molecular formula is C17H21ClN2O2S2. The van der Waals surface area contributed by atoms with E-state index in [1.165, 1.54) is 18.4 Å². The average molecular weight is 385 g/mol. The first-order valence-electron chi connectivity index (χ1n) is 8.01. The van der Waals surface area contributed by atoms with Crippen molar-refractivity contribution in [2.24, 2.45) is 0 Å². The molecule has 1 aliphatic heterocycles. The van der Waals surface area contributed by atoms with E-state index in [0.717, 1.165) is 13.1 Å². The molecule has 1 atom stereocenters. The lowest BCUT2D eigenvalue weighted by molar-refractivity contribution is 0.247. The van der Waals surface area contributed by atoms with Crippen molar-refractivity contribution >= 4 is 33.0 Å². The van der Waals surface area contributed by atoms with Crippen LogP contribution in [0.25, 0.3) is 0 Å². The zero-order chi connectivity index (χ0) is 17.0. The largest absolute Gasteiger partial charge is 0.295 e. The number of hydrogen-bond acceptors (Lipinski definition) is 4. The Labute approximate surface area is 152 Å². The molecule has 0 aliphatic carbocycles. The molecule has 1 saturated heterocycles. The van der Waals surface area contributed by atoms with Gasteiger partial charge in [0.05, 0.1) is 5.75 Å². The van der Waals surface area contributed by atoms with Crippen LogP contribution in [-0.4, -0.2) is 33.0 Å². The molecule has 0 saturated carbocycles. The van der Waals surface area contributed by atoms with Crippen molar-refractivity contribution in [3.8, 4) is 0 Å². The molecule has 0 unspecified atom stereocenters. The van der Waals surface area contributed by atoms with E-state index in [4.69, 9.17) is 11.6 Å². The Balaban J connectivity index is 1.67. The quantitative estimate of drug-likeness (QED) is 0.792. The molecule has 4 nitrogen and oxygen atoms in total. The fraction of sp³-hybridized carbons (Fsp3) is 0.412. The van der Waals surface area contributed by atoms with Crippen LogP contribution in [0.1, 0.15) is 30.0 Å². The number of likely N-dealkylation sites (tertiary alicyclic amines) is 1. The van der Waals surface area contributed by atoms with Crippen molar-refractivity contribution in [3.63, 3.8) is 0 Å². The Morgan fingerprint density at radius 1 is 1.25 bits per heavy atom. The highest BCUT2D eigenvalue weighted by Gasteiger charge is 2.25. The van der Waals surface area contributed by atoms with Crippen LogP contribution in [0.2, 0.25) is 5.02 Å². The van der Waals surface area contributed by atoms with Crippen molar-refractivity contribution in [1.82, 2.24) is 9.62 Å². The normalized spacial score (nSPS) is 17.2. The van der Waals surface area contributed by atoms with Crippen LogP contribution >= 0.6 is 22.9 Å². The maximum absolute atomic E-state index is 12.4. The van der Waals surface area contributed by atoms with Crippen LogP contribution < -0.4 is 4.72 Å². The molecule has 1 aromatic heterocycles. The van der Waals surface area contributed by atoms with E-state index in [1.54, 1.807) is 35.6 Å². The topological polar surface area (TPSA) is 49.4 Å². The Morgan fingerprint density at radius 3 is 2.71 bits per heavy atom. The van der Waals surface area contributed by atoms with Gasteiger partial charge in [0.1, 0.15) is 0 Å². The van der Waals surface area contributed by atoms with Gasteiger partial charge >= 0.3 is 0 Å². The van der Waals surface area contributed by atoms with Crippen molar-refractivity contribution in [2.45, 2.75) is 24.6 Å². The van der Waals surface area contributed by atoms with E-state index in [2.05, 4.69) is 21.1 Å². The van der Waals surface area contributed by atoms with Crippen molar-refractivity contribution in [1.29, 1.82) is 0 Å². The summed E-state index contributed by atoms with van der Waals surface area (Å²) in [4.78, 5) is 2.37. The standard InChI is InChI=1S/C17H21ClN2O2S2/c18-16-5-3-4-14(10-16)13-24(21,22)19-11-17(15-6-9-23-12-15)20-7-1-2-8-20/h3-6,9-10,12,17,19H,1-2,7-8,11,13H2/t17-/m0/s1. The third kappa shape index (κ3) is 4.80. The Hall–Kier alpha value is -0.920. The summed E-state index contributed by atoms with van der Waals surface area (Å²) >= 11 is 7.58. The van der Waals surface area contributed by atoms with E-state index in [-0.39, 0.29) is 11.8 Å². The van der Waals surface area contributed by atoms with Crippen LogP contribution in [0.4, 0.5) is 0 Å². The van der Waals surface area contributed by atoms with E-state index >= 15 is 0 Å². The van der Waals surface area contributed by atoms with Gasteiger partial charge in [-0.1, -0.05) is 23.7 Å². The molecule has 2 heterocycles. The minimum absolute atomic E-state index is 0.0517. The van der Waals surface area contributed by atoms with E-state index in [0.29, 0.717) is 17.1 Å². The molecule has 1 aliphatic rings. The molecule has 0 spiro atoms. The molecule has 1 N–H and O–H groups in total. The molecule has 7 heteroatoms. The highest BCUT2D eigenvalue weighted by Crippen LogP contribution is 2.26. The number of halogens is 1. The molecule has 130 valence electrons. The predicted molar refractivity (Wildman–Crippen MR) is 99.9 cm³/mol. The zero-order valence-corrected chi connectivity index (χ0v) is 15.7. The molecule has 2 aromatic rings. The van der Waals surface area contributed by atoms with Crippen LogP contribution in [0.3, 0.4) is 0 Å². The first-order valence-corrected chi connectivity index (χ1v) is 11.0. The Bertz CT molecular complexity index is 757. The Morgan fingerprint density at radius 2 is 2.04 bits per heavy atom. The van der Waals surface area contributed by atoms with Gasteiger partial charge in [-0.2, -0.15) is 11.3 Å². The van der Waals surface area contributed by atoms with Gasteiger partial charge in [-0.15, -0.1) is 0 Å². The molecule has 0 bridgehead atoms. The summed E-state index contributed by atoms with van der Waals surface area (Å²) in [5.41, 5.74) is 1.88. The van der Waals surface area contributed by atoms with Crippen molar-refractivity contribution < 1.29 is 8.42 Å². The number of nitrogens with zero attached hydrogens (tertiary/aromatic N) is 1. The van der Waals surface area contributed by atoms with Gasteiger partial charge in [-0.25, -0.2) is 13.1 Å². The van der Waals surface area contributed by atoms with Crippen LogP contribution in [0, 0.1) is 0 Å². The summed E-state index contributed by atoms with van der Waals surface area (Å²) in [6.07, 6.45) is 2.35. The average Bonchev–Trinajstić information content (AvgIpc) is 3.20. The third-order valence-electron chi connectivity index (χ3n) is 4.25. The highest BCUT2D eigenvalue weighted by atomic mass is 35.5. The van der Waals surface area contributed by atoms with Gasteiger partial charge in [-0.05, 0) is 66.0 Å². The minimum atomic E-state index is -3.40. The number of thiophene rings is 1. The fourth-order valence-corrected chi connectivity index (χ4v) is 5.13. The van der Waals surface area contributed by atoms with Gasteiger partial charge in [0.25, 0.3) is 0 Å². The first kappa shape index (κ1) is 17.9. The zero-order valence-electron chi connectivity index (χ0n) is 13.3. The monoisotopic (exact) mass is 384 g/mol. The van der Waals surface area contributed by atoms with Crippen molar-refractivity contribution in [2.75, 3.05) is 19.6 Å². The lowest BCUT2D eigenvalue weighted by atomic mass is 10.1. The number of nitrogens with one attached hydrogen (secondary N) is 1. The highest BCUT2D eigenvalue weighted by molar-refractivity contribution is 7.88. The van der Waals surface area contributed by atoms with Gasteiger partial charge in [-0.3, -0.25) is 4.90 Å². The van der Waals surface area contributed by atoms with Gasteiger partial charge in [0.2, 0.25) is 10.0 Å². The maximum atomic E-state index is 12.4. The van der Waals surface area contributed by atoms with Gasteiger partial charge in [0.15, 0.2) is 0 Å². The number of rotatable bonds is 7. The molecule has 1 fully saturated rings. The van der Waals surface area contributed by atoms with E-state index in [1.807, 2.05) is 5.38 Å². The van der Waals surface area contributed by atoms with Crippen molar-refractivity contribution in [3.05, 3.63) is 57.2 Å². The molecule has 24 heavy (non-hydrogen) atoms. The predicted octanol–water partition coefficient (Wildman–Crippen LogP) is 3.66. The van der Waals surface area contributed by atoms with Gasteiger partial charge < -0.3 is 0 Å². The number of hydrogen-bond donors (Lipinski definition) is 1. The van der Waals surface area contributed by atoms with E-state index in [9.17, 15) is 8.42 Å². The maximum Gasteiger partial charge on any atom is 0.215 e. The summed E-state index contributed by atoms with van der Waals surface area (Å²) in [5.74, 6) is -0.0517. The minimum Gasteiger partial charge on any atom is -0.295 e. The fourth-order valence-electron chi connectivity index (χ4n) is 3.08.